The van der Waals surface area contributed by atoms with Crippen LogP contribution in [0.2, 0.25) is 0 Å². The van der Waals surface area contributed by atoms with Gasteiger partial charge in [0.2, 0.25) is 5.91 Å². The molecule has 0 aliphatic heterocycles. The topological polar surface area (TPSA) is 62.7 Å². The van der Waals surface area contributed by atoms with Crippen LogP contribution in [0.25, 0.3) is 16.7 Å². The molecular weight excluding hydrogens is 264 g/mol. The van der Waals surface area contributed by atoms with E-state index in [1.165, 1.54) is 0 Å². The number of carbonyl (C=O) groups excluding carboxylic acids is 1. The van der Waals surface area contributed by atoms with Gasteiger partial charge in [-0.25, -0.2) is 4.68 Å². The molecule has 1 amide bonds. The fourth-order valence-corrected chi connectivity index (χ4v) is 2.36. The molecule has 0 radical (unpaired) electrons. The molecular formula is C16H18N4O. The molecule has 5 nitrogen and oxygen atoms in total. The van der Waals surface area contributed by atoms with E-state index in [4.69, 9.17) is 0 Å². The Kier molecular flexibility index (Phi) is 3.48. The van der Waals surface area contributed by atoms with E-state index in [1.807, 2.05) is 50.4 Å². The van der Waals surface area contributed by atoms with Crippen LogP contribution >= 0.6 is 0 Å². The lowest BCUT2D eigenvalue weighted by molar-refractivity contribution is -0.116. The molecule has 2 heterocycles. The normalized spacial score (nSPS) is 11.2. The number of hydrogen-bond acceptors (Lipinski definition) is 2. The van der Waals surface area contributed by atoms with Crippen molar-refractivity contribution in [2.45, 2.75) is 20.3 Å². The highest BCUT2D eigenvalue weighted by Gasteiger charge is 2.10. The number of aromatic nitrogens is 3. The van der Waals surface area contributed by atoms with Gasteiger partial charge in [0, 0.05) is 29.7 Å². The Labute approximate surface area is 123 Å². The Bertz CT molecular complexity index is 756. The second-order valence-corrected chi connectivity index (χ2v) is 5.52. The van der Waals surface area contributed by atoms with Crippen LogP contribution in [0.5, 0.6) is 0 Å². The molecule has 0 atom stereocenters. The molecule has 3 aromatic rings. The van der Waals surface area contributed by atoms with Crippen LogP contribution in [0.15, 0.2) is 42.7 Å². The minimum Gasteiger partial charge on any atom is -0.340 e. The van der Waals surface area contributed by atoms with Crippen molar-refractivity contribution in [2.75, 3.05) is 5.32 Å². The van der Waals surface area contributed by atoms with Crippen LogP contribution in [-0.2, 0) is 4.79 Å². The number of rotatable bonds is 4. The van der Waals surface area contributed by atoms with Crippen LogP contribution in [0.3, 0.4) is 0 Å². The first-order chi connectivity index (χ1) is 10.1. The molecule has 108 valence electrons. The SMILES string of the molecule is CC(C)CC(=O)Nc1cccc2[nH]c(-n3cccn3)cc12. The van der Waals surface area contributed by atoms with Crippen LogP contribution < -0.4 is 5.32 Å². The van der Waals surface area contributed by atoms with Gasteiger partial charge in [0.05, 0.1) is 5.69 Å². The summed E-state index contributed by atoms with van der Waals surface area (Å²) in [4.78, 5) is 15.3. The van der Waals surface area contributed by atoms with E-state index in [1.54, 1.807) is 10.9 Å². The van der Waals surface area contributed by atoms with Crippen LogP contribution in [0.1, 0.15) is 20.3 Å². The highest BCUT2D eigenvalue weighted by Crippen LogP contribution is 2.26. The minimum absolute atomic E-state index is 0.0411. The van der Waals surface area contributed by atoms with E-state index in [-0.39, 0.29) is 5.91 Å². The molecule has 0 saturated heterocycles. The molecule has 0 aliphatic carbocycles. The van der Waals surface area contributed by atoms with E-state index < -0.39 is 0 Å². The monoisotopic (exact) mass is 282 g/mol. The number of aromatic amines is 1. The molecule has 0 saturated carbocycles. The summed E-state index contributed by atoms with van der Waals surface area (Å²) in [6.07, 6.45) is 4.13. The Morgan fingerprint density at radius 1 is 1.38 bits per heavy atom. The summed E-state index contributed by atoms with van der Waals surface area (Å²) < 4.78 is 1.76. The maximum absolute atomic E-state index is 12.0. The highest BCUT2D eigenvalue weighted by atomic mass is 16.1. The number of nitrogens with zero attached hydrogens (tertiary/aromatic N) is 2. The zero-order chi connectivity index (χ0) is 14.8. The number of fused-ring (bicyclic) bond motifs is 1. The molecule has 0 bridgehead atoms. The van der Waals surface area contributed by atoms with Gasteiger partial charge in [0.15, 0.2) is 0 Å². The molecule has 0 unspecified atom stereocenters. The summed E-state index contributed by atoms with van der Waals surface area (Å²) in [5.74, 6) is 1.26. The molecule has 5 heteroatoms. The van der Waals surface area contributed by atoms with Gasteiger partial charge in [-0.1, -0.05) is 19.9 Å². The quantitative estimate of drug-likeness (QED) is 0.771. The first kappa shape index (κ1) is 13.4. The first-order valence-corrected chi connectivity index (χ1v) is 7.05. The van der Waals surface area contributed by atoms with Crippen LogP contribution in [0.4, 0.5) is 5.69 Å². The summed E-state index contributed by atoms with van der Waals surface area (Å²) in [5.41, 5.74) is 1.80. The van der Waals surface area contributed by atoms with E-state index in [0.29, 0.717) is 12.3 Å². The molecule has 0 fully saturated rings. The number of anilines is 1. The maximum atomic E-state index is 12.0. The Morgan fingerprint density at radius 2 is 2.24 bits per heavy atom. The van der Waals surface area contributed by atoms with Gasteiger partial charge in [-0.05, 0) is 30.2 Å². The molecule has 21 heavy (non-hydrogen) atoms. The summed E-state index contributed by atoms with van der Waals surface area (Å²) >= 11 is 0. The maximum Gasteiger partial charge on any atom is 0.224 e. The molecule has 3 rings (SSSR count). The molecule has 0 aliphatic rings. The van der Waals surface area contributed by atoms with Gasteiger partial charge >= 0.3 is 0 Å². The van der Waals surface area contributed by atoms with Crippen molar-refractivity contribution < 1.29 is 4.79 Å². The van der Waals surface area contributed by atoms with Crippen molar-refractivity contribution in [1.29, 1.82) is 0 Å². The number of carbonyl (C=O) groups is 1. The lowest BCUT2D eigenvalue weighted by atomic mass is 10.1. The van der Waals surface area contributed by atoms with Crippen molar-refractivity contribution in [3.63, 3.8) is 0 Å². The largest absolute Gasteiger partial charge is 0.340 e. The summed E-state index contributed by atoms with van der Waals surface area (Å²) in [6.45, 7) is 4.07. The smallest absolute Gasteiger partial charge is 0.224 e. The van der Waals surface area contributed by atoms with Crippen LogP contribution in [-0.4, -0.2) is 20.7 Å². The second-order valence-electron chi connectivity index (χ2n) is 5.52. The predicted octanol–water partition coefficient (Wildman–Crippen LogP) is 3.34. The zero-order valence-corrected chi connectivity index (χ0v) is 12.1. The van der Waals surface area contributed by atoms with Crippen molar-refractivity contribution in [2.24, 2.45) is 5.92 Å². The van der Waals surface area contributed by atoms with E-state index >= 15 is 0 Å². The van der Waals surface area contributed by atoms with Crippen molar-refractivity contribution in [1.82, 2.24) is 14.8 Å². The van der Waals surface area contributed by atoms with Crippen molar-refractivity contribution in [3.05, 3.63) is 42.7 Å². The third-order valence-corrected chi connectivity index (χ3v) is 3.27. The Hall–Kier alpha value is -2.56. The number of amides is 1. The number of hydrogen-bond donors (Lipinski definition) is 2. The van der Waals surface area contributed by atoms with Gasteiger partial charge in [-0.3, -0.25) is 4.79 Å². The molecule has 2 aromatic heterocycles. The first-order valence-electron chi connectivity index (χ1n) is 7.05. The fraction of sp³-hybridized carbons (Fsp3) is 0.250. The van der Waals surface area contributed by atoms with E-state index in [9.17, 15) is 4.79 Å². The number of benzene rings is 1. The fourth-order valence-electron chi connectivity index (χ4n) is 2.36. The van der Waals surface area contributed by atoms with Gasteiger partial charge in [0.1, 0.15) is 5.82 Å². The number of H-pyrrole nitrogens is 1. The third kappa shape index (κ3) is 2.81. The average molecular weight is 282 g/mol. The minimum atomic E-state index is 0.0411. The number of nitrogens with one attached hydrogen (secondary N) is 2. The van der Waals surface area contributed by atoms with Gasteiger partial charge in [-0.15, -0.1) is 0 Å². The molecule has 2 N–H and O–H groups in total. The third-order valence-electron chi connectivity index (χ3n) is 3.27. The Morgan fingerprint density at radius 3 is 2.95 bits per heavy atom. The van der Waals surface area contributed by atoms with E-state index in [2.05, 4.69) is 15.4 Å². The second kappa shape index (κ2) is 5.44. The standard InChI is InChI=1S/C16H18N4O/c1-11(2)9-16(21)19-14-6-3-5-13-12(14)10-15(18-13)20-8-4-7-17-20/h3-8,10-11,18H,9H2,1-2H3,(H,19,21). The van der Waals surface area contributed by atoms with Gasteiger partial charge in [0.25, 0.3) is 0 Å². The lowest BCUT2D eigenvalue weighted by Crippen LogP contribution is -2.13. The van der Waals surface area contributed by atoms with Crippen molar-refractivity contribution >= 4 is 22.5 Å². The lowest BCUT2D eigenvalue weighted by Gasteiger charge is -2.08. The van der Waals surface area contributed by atoms with Gasteiger partial charge in [-0.2, -0.15) is 5.10 Å². The predicted molar refractivity (Wildman–Crippen MR) is 83.5 cm³/mol. The van der Waals surface area contributed by atoms with Crippen molar-refractivity contribution in [3.8, 4) is 5.82 Å². The summed E-state index contributed by atoms with van der Waals surface area (Å²) in [6, 6.07) is 9.70. The summed E-state index contributed by atoms with van der Waals surface area (Å²) in [7, 11) is 0. The molecule has 0 spiro atoms. The zero-order valence-electron chi connectivity index (χ0n) is 12.1. The van der Waals surface area contributed by atoms with Crippen LogP contribution in [0, 0.1) is 5.92 Å². The van der Waals surface area contributed by atoms with E-state index in [0.717, 1.165) is 22.4 Å². The average Bonchev–Trinajstić information content (AvgIpc) is 3.07. The Balaban J connectivity index is 1.94. The molecule has 1 aromatic carbocycles. The van der Waals surface area contributed by atoms with Gasteiger partial charge < -0.3 is 10.3 Å². The highest BCUT2D eigenvalue weighted by molar-refractivity contribution is 6.02. The summed E-state index contributed by atoms with van der Waals surface area (Å²) in [5, 5.41) is 8.18.